The van der Waals surface area contributed by atoms with Gasteiger partial charge in [-0.2, -0.15) is 0 Å². The Kier molecular flexibility index (Phi) is 5.65. The minimum atomic E-state index is -3.42. The zero-order valence-corrected chi connectivity index (χ0v) is 18.2. The second-order valence-electron chi connectivity index (χ2n) is 7.49. The number of aromatic nitrogens is 1. The molecule has 0 aliphatic carbocycles. The van der Waals surface area contributed by atoms with Gasteiger partial charge in [-0.05, 0) is 49.7 Å². The fraction of sp³-hybridized carbons (Fsp3) is 0.286. The van der Waals surface area contributed by atoms with Gasteiger partial charge in [0, 0.05) is 23.5 Å². The van der Waals surface area contributed by atoms with E-state index in [-0.39, 0.29) is 12.0 Å². The molecule has 0 spiro atoms. The standard InChI is InChI=1S/C21H23ClN2O4S/c1-14(25)28-21(2,3)20(15-8-10-16(22)11-9-15)24-13-12-17-18(23-29(4,26)27)6-5-7-19(17)24/h5-13,20,23H,1-4H3. The van der Waals surface area contributed by atoms with Crippen molar-refractivity contribution in [3.8, 4) is 0 Å². The molecule has 6 nitrogen and oxygen atoms in total. The number of benzene rings is 2. The third-order valence-electron chi connectivity index (χ3n) is 4.59. The number of nitrogens with zero attached hydrogens (tertiary/aromatic N) is 1. The number of hydrogen-bond donors (Lipinski definition) is 1. The summed E-state index contributed by atoms with van der Waals surface area (Å²) < 4.78 is 33.7. The van der Waals surface area contributed by atoms with E-state index in [1.165, 1.54) is 6.92 Å². The molecule has 0 fully saturated rings. The van der Waals surface area contributed by atoms with E-state index in [0.29, 0.717) is 10.7 Å². The third kappa shape index (κ3) is 4.74. The number of carbonyl (C=O) groups is 1. The molecule has 0 radical (unpaired) electrons. The number of halogens is 1. The number of rotatable bonds is 6. The molecular weight excluding hydrogens is 412 g/mol. The maximum atomic E-state index is 11.8. The first-order valence-corrected chi connectivity index (χ1v) is 11.3. The highest BCUT2D eigenvalue weighted by Gasteiger charge is 2.36. The van der Waals surface area contributed by atoms with Crippen LogP contribution in [0.2, 0.25) is 5.02 Å². The van der Waals surface area contributed by atoms with Crippen molar-refractivity contribution in [1.29, 1.82) is 0 Å². The van der Waals surface area contributed by atoms with Crippen molar-refractivity contribution < 1.29 is 17.9 Å². The fourth-order valence-corrected chi connectivity index (χ4v) is 4.37. The summed E-state index contributed by atoms with van der Waals surface area (Å²) in [6.45, 7) is 5.07. The molecule has 3 aromatic rings. The summed E-state index contributed by atoms with van der Waals surface area (Å²) in [6.07, 6.45) is 2.98. The summed E-state index contributed by atoms with van der Waals surface area (Å²) in [4.78, 5) is 11.8. The first-order valence-electron chi connectivity index (χ1n) is 9.00. The molecule has 1 N–H and O–H groups in total. The number of anilines is 1. The van der Waals surface area contributed by atoms with E-state index in [9.17, 15) is 13.2 Å². The number of nitrogens with one attached hydrogen (secondary N) is 1. The van der Waals surface area contributed by atoms with Crippen molar-refractivity contribution in [2.75, 3.05) is 11.0 Å². The molecule has 2 aromatic carbocycles. The van der Waals surface area contributed by atoms with Gasteiger partial charge in [0.05, 0.1) is 23.5 Å². The molecular formula is C21H23ClN2O4S. The van der Waals surface area contributed by atoms with E-state index >= 15 is 0 Å². The van der Waals surface area contributed by atoms with Crippen LogP contribution in [0, 0.1) is 0 Å². The average Bonchev–Trinajstić information content (AvgIpc) is 2.99. The molecule has 29 heavy (non-hydrogen) atoms. The predicted octanol–water partition coefficient (Wildman–Crippen LogP) is 4.60. The largest absolute Gasteiger partial charge is 0.457 e. The van der Waals surface area contributed by atoms with Crippen LogP contribution in [0.3, 0.4) is 0 Å². The smallest absolute Gasteiger partial charge is 0.303 e. The van der Waals surface area contributed by atoms with Crippen LogP contribution in [0.5, 0.6) is 0 Å². The van der Waals surface area contributed by atoms with E-state index in [0.717, 1.165) is 22.7 Å². The summed E-state index contributed by atoms with van der Waals surface area (Å²) in [5.74, 6) is -0.384. The van der Waals surface area contributed by atoms with Crippen LogP contribution < -0.4 is 4.72 Å². The molecule has 0 bridgehead atoms. The molecule has 0 saturated heterocycles. The lowest BCUT2D eigenvalue weighted by atomic mass is 9.91. The zero-order valence-electron chi connectivity index (χ0n) is 16.6. The second kappa shape index (κ2) is 7.72. The van der Waals surface area contributed by atoms with Crippen LogP contribution in [-0.4, -0.2) is 30.8 Å². The van der Waals surface area contributed by atoms with Crippen LogP contribution in [0.4, 0.5) is 5.69 Å². The monoisotopic (exact) mass is 434 g/mol. The molecule has 1 aromatic heterocycles. The van der Waals surface area contributed by atoms with Gasteiger partial charge in [-0.3, -0.25) is 9.52 Å². The molecule has 1 unspecified atom stereocenters. The third-order valence-corrected chi connectivity index (χ3v) is 5.43. The zero-order chi connectivity index (χ0) is 21.4. The van der Waals surface area contributed by atoms with E-state index in [2.05, 4.69) is 4.72 Å². The number of carbonyl (C=O) groups excluding carboxylic acids is 1. The lowest BCUT2D eigenvalue weighted by Crippen LogP contribution is -2.38. The lowest BCUT2D eigenvalue weighted by Gasteiger charge is -2.35. The van der Waals surface area contributed by atoms with Crippen LogP contribution in [0.15, 0.2) is 54.7 Å². The Hall–Kier alpha value is -2.51. The lowest BCUT2D eigenvalue weighted by molar-refractivity contribution is -0.156. The Bertz CT molecular complexity index is 1150. The SMILES string of the molecule is CC(=O)OC(C)(C)C(c1ccc(Cl)cc1)n1ccc2c(NS(C)(=O)=O)cccc21. The minimum Gasteiger partial charge on any atom is -0.457 e. The highest BCUT2D eigenvalue weighted by Crippen LogP contribution is 2.37. The fourth-order valence-electron chi connectivity index (χ4n) is 3.67. The molecule has 154 valence electrons. The Morgan fingerprint density at radius 3 is 2.38 bits per heavy atom. The van der Waals surface area contributed by atoms with Gasteiger partial charge in [0.25, 0.3) is 0 Å². The first kappa shape index (κ1) is 21.2. The predicted molar refractivity (Wildman–Crippen MR) is 116 cm³/mol. The first-order chi connectivity index (χ1) is 13.5. The molecule has 0 aliphatic rings. The van der Waals surface area contributed by atoms with E-state index < -0.39 is 15.6 Å². The number of sulfonamides is 1. The molecule has 1 atom stereocenters. The van der Waals surface area contributed by atoms with Crippen molar-refractivity contribution in [1.82, 2.24) is 4.57 Å². The quantitative estimate of drug-likeness (QED) is 0.575. The Morgan fingerprint density at radius 2 is 1.79 bits per heavy atom. The maximum Gasteiger partial charge on any atom is 0.303 e. The van der Waals surface area contributed by atoms with Crippen LogP contribution in [0.1, 0.15) is 32.4 Å². The topological polar surface area (TPSA) is 77.4 Å². The molecule has 8 heteroatoms. The average molecular weight is 435 g/mol. The van der Waals surface area contributed by atoms with Crippen LogP contribution >= 0.6 is 11.6 Å². The summed E-state index contributed by atoms with van der Waals surface area (Å²) in [5, 5.41) is 1.35. The minimum absolute atomic E-state index is 0.366. The van der Waals surface area contributed by atoms with E-state index in [4.69, 9.17) is 16.3 Å². The van der Waals surface area contributed by atoms with Gasteiger partial charge in [-0.15, -0.1) is 0 Å². The molecule has 0 saturated carbocycles. The molecule has 3 rings (SSSR count). The van der Waals surface area contributed by atoms with Gasteiger partial charge >= 0.3 is 5.97 Å². The van der Waals surface area contributed by atoms with Crippen molar-refractivity contribution in [3.63, 3.8) is 0 Å². The Labute approximate surface area is 175 Å². The van der Waals surface area contributed by atoms with Crippen molar-refractivity contribution in [2.45, 2.75) is 32.4 Å². The van der Waals surface area contributed by atoms with Gasteiger partial charge in [-0.25, -0.2) is 8.42 Å². The Morgan fingerprint density at radius 1 is 1.14 bits per heavy atom. The Balaban J connectivity index is 2.20. The van der Waals surface area contributed by atoms with Crippen LogP contribution in [0.25, 0.3) is 10.9 Å². The summed E-state index contributed by atoms with van der Waals surface area (Å²) in [6, 6.07) is 14.2. The van der Waals surface area contributed by atoms with Crippen molar-refractivity contribution in [2.24, 2.45) is 0 Å². The normalized spacial score (nSPS) is 13.3. The number of hydrogen-bond acceptors (Lipinski definition) is 4. The number of fused-ring (bicyclic) bond motifs is 1. The van der Waals surface area contributed by atoms with E-state index in [1.54, 1.807) is 24.3 Å². The number of ether oxygens (including phenoxy) is 1. The highest BCUT2D eigenvalue weighted by atomic mass is 35.5. The van der Waals surface area contributed by atoms with Gasteiger partial charge in [0.2, 0.25) is 10.0 Å². The van der Waals surface area contributed by atoms with Crippen molar-refractivity contribution in [3.05, 3.63) is 65.3 Å². The second-order valence-corrected chi connectivity index (χ2v) is 9.67. The van der Waals surface area contributed by atoms with Gasteiger partial charge in [0.15, 0.2) is 0 Å². The van der Waals surface area contributed by atoms with Crippen LogP contribution in [-0.2, 0) is 19.6 Å². The van der Waals surface area contributed by atoms with Crippen molar-refractivity contribution >= 4 is 44.2 Å². The van der Waals surface area contributed by atoms with Gasteiger partial charge < -0.3 is 9.30 Å². The van der Waals surface area contributed by atoms with Gasteiger partial charge in [-0.1, -0.05) is 29.8 Å². The van der Waals surface area contributed by atoms with E-state index in [1.807, 2.05) is 48.9 Å². The molecule has 0 aliphatic heterocycles. The maximum absolute atomic E-state index is 11.8. The summed E-state index contributed by atoms with van der Waals surface area (Å²) in [5.41, 5.74) is 1.31. The number of esters is 1. The summed E-state index contributed by atoms with van der Waals surface area (Å²) >= 11 is 6.06. The summed E-state index contributed by atoms with van der Waals surface area (Å²) in [7, 11) is -3.42. The molecule has 1 heterocycles. The molecule has 0 amide bonds. The van der Waals surface area contributed by atoms with Gasteiger partial charge in [0.1, 0.15) is 5.60 Å². The highest BCUT2D eigenvalue weighted by molar-refractivity contribution is 7.92.